The van der Waals surface area contributed by atoms with E-state index in [4.69, 9.17) is 9.84 Å². The topological polar surface area (TPSA) is 95.5 Å². The summed E-state index contributed by atoms with van der Waals surface area (Å²) in [6, 6.07) is 5.77. The molecule has 1 aromatic heterocycles. The Hall–Kier alpha value is -2.90. The number of benzene rings is 1. The summed E-state index contributed by atoms with van der Waals surface area (Å²) < 4.78 is 18.8. The number of hydrogen-bond acceptors (Lipinski definition) is 4. The summed E-state index contributed by atoms with van der Waals surface area (Å²) in [5.41, 5.74) is 0.712. The molecule has 0 bridgehead atoms. The monoisotopic (exact) mass is 347 g/mol. The van der Waals surface area contributed by atoms with E-state index in [-0.39, 0.29) is 29.0 Å². The summed E-state index contributed by atoms with van der Waals surface area (Å²) in [6.07, 6.45) is 1.60. The molecule has 2 N–H and O–H groups in total. The number of nitrogens with one attached hydrogen (secondary N) is 1. The highest BCUT2D eigenvalue weighted by Gasteiger charge is 2.27. The normalized spacial score (nSPS) is 17.4. The predicted octanol–water partition coefficient (Wildman–Crippen LogP) is 2.28. The van der Waals surface area contributed by atoms with Crippen LogP contribution in [-0.2, 0) is 0 Å². The van der Waals surface area contributed by atoms with Crippen LogP contribution in [0.4, 0.5) is 4.39 Å². The van der Waals surface area contributed by atoms with E-state index in [1.165, 1.54) is 25.3 Å². The first-order valence-electron chi connectivity index (χ1n) is 7.90. The molecular weight excluding hydrogens is 329 g/mol. The average molecular weight is 347 g/mol. The van der Waals surface area contributed by atoms with Gasteiger partial charge in [-0.3, -0.25) is 9.89 Å². The zero-order valence-electron chi connectivity index (χ0n) is 13.7. The van der Waals surface area contributed by atoms with E-state index in [0.717, 1.165) is 18.4 Å². The Morgan fingerprint density at radius 1 is 1.36 bits per heavy atom. The van der Waals surface area contributed by atoms with Gasteiger partial charge in [0, 0.05) is 31.1 Å². The lowest BCUT2D eigenvalue weighted by molar-refractivity contribution is 0.0688. The molecule has 1 atom stereocenters. The molecule has 1 aliphatic heterocycles. The number of aromatic amines is 1. The number of methoxy groups -OCH3 is 1. The van der Waals surface area contributed by atoms with Crippen LogP contribution < -0.4 is 4.74 Å². The molecule has 2 heterocycles. The van der Waals surface area contributed by atoms with Crippen molar-refractivity contribution in [3.63, 3.8) is 0 Å². The highest BCUT2D eigenvalue weighted by molar-refractivity contribution is 5.95. The van der Waals surface area contributed by atoms with Gasteiger partial charge in [0.1, 0.15) is 17.3 Å². The standard InChI is InChI=1S/C17H18FN3O4/c1-25-13-6-11(5-12(18)7-13)10-3-2-4-21(9-10)16(22)14-8-15(17(23)24)20-19-14/h5-8,10H,2-4,9H2,1H3,(H,19,20)(H,23,24). The Morgan fingerprint density at radius 3 is 2.84 bits per heavy atom. The fraction of sp³-hybridized carbons (Fsp3) is 0.353. The molecule has 25 heavy (non-hydrogen) atoms. The Bertz CT molecular complexity index is 805. The number of carbonyl (C=O) groups is 2. The summed E-state index contributed by atoms with van der Waals surface area (Å²) in [5.74, 6) is -1.46. The van der Waals surface area contributed by atoms with E-state index in [9.17, 15) is 14.0 Å². The van der Waals surface area contributed by atoms with Gasteiger partial charge in [0.05, 0.1) is 7.11 Å². The van der Waals surface area contributed by atoms with E-state index in [0.29, 0.717) is 18.8 Å². The van der Waals surface area contributed by atoms with Crippen LogP contribution in [-0.4, -0.2) is 52.3 Å². The van der Waals surface area contributed by atoms with Gasteiger partial charge in [0.25, 0.3) is 5.91 Å². The number of aromatic carboxylic acids is 1. The van der Waals surface area contributed by atoms with Crippen LogP contribution in [0, 0.1) is 5.82 Å². The van der Waals surface area contributed by atoms with Crippen molar-refractivity contribution < 1.29 is 23.8 Å². The van der Waals surface area contributed by atoms with Crippen LogP contribution in [0.3, 0.4) is 0 Å². The van der Waals surface area contributed by atoms with E-state index in [1.54, 1.807) is 11.0 Å². The molecular formula is C17H18FN3O4. The molecule has 0 radical (unpaired) electrons. The van der Waals surface area contributed by atoms with Crippen molar-refractivity contribution in [3.05, 3.63) is 47.0 Å². The number of carbonyl (C=O) groups excluding carboxylic acids is 1. The molecule has 0 saturated carbocycles. The van der Waals surface area contributed by atoms with E-state index in [1.807, 2.05) is 0 Å². The number of rotatable bonds is 4. The molecule has 132 valence electrons. The molecule has 1 aliphatic rings. The number of nitrogens with zero attached hydrogens (tertiary/aromatic N) is 2. The molecule has 0 aliphatic carbocycles. The molecule has 0 spiro atoms. The minimum absolute atomic E-state index is 0.0137. The van der Waals surface area contributed by atoms with Crippen molar-refractivity contribution in [1.29, 1.82) is 0 Å². The van der Waals surface area contributed by atoms with Gasteiger partial charge in [-0.15, -0.1) is 0 Å². The number of hydrogen-bond donors (Lipinski definition) is 2. The Balaban J connectivity index is 1.77. The average Bonchev–Trinajstić information content (AvgIpc) is 3.11. The van der Waals surface area contributed by atoms with Gasteiger partial charge in [-0.25, -0.2) is 9.18 Å². The largest absolute Gasteiger partial charge is 0.497 e. The summed E-state index contributed by atoms with van der Waals surface area (Å²) in [4.78, 5) is 25.1. The fourth-order valence-electron chi connectivity index (χ4n) is 3.07. The number of H-pyrrole nitrogens is 1. The van der Waals surface area contributed by atoms with Crippen molar-refractivity contribution in [1.82, 2.24) is 15.1 Å². The molecule has 8 heteroatoms. The number of halogens is 1. The minimum atomic E-state index is -1.17. The Labute approximate surface area is 143 Å². The summed E-state index contributed by atoms with van der Waals surface area (Å²) in [6.45, 7) is 0.970. The van der Waals surface area contributed by atoms with E-state index < -0.39 is 5.97 Å². The first-order chi connectivity index (χ1) is 12.0. The summed E-state index contributed by atoms with van der Waals surface area (Å²) in [7, 11) is 1.48. The third kappa shape index (κ3) is 3.62. The van der Waals surface area contributed by atoms with Crippen LogP contribution >= 0.6 is 0 Å². The Morgan fingerprint density at radius 2 is 2.16 bits per heavy atom. The van der Waals surface area contributed by atoms with Gasteiger partial charge in [0.2, 0.25) is 0 Å². The van der Waals surface area contributed by atoms with Crippen LogP contribution in [0.25, 0.3) is 0 Å². The molecule has 1 unspecified atom stereocenters. The highest BCUT2D eigenvalue weighted by atomic mass is 19.1. The third-order valence-electron chi connectivity index (χ3n) is 4.34. The number of ether oxygens (including phenoxy) is 1. The molecule has 2 aromatic rings. The van der Waals surface area contributed by atoms with E-state index >= 15 is 0 Å². The smallest absolute Gasteiger partial charge is 0.353 e. The van der Waals surface area contributed by atoms with Gasteiger partial charge in [-0.1, -0.05) is 0 Å². The third-order valence-corrected chi connectivity index (χ3v) is 4.34. The van der Waals surface area contributed by atoms with Gasteiger partial charge in [0.15, 0.2) is 5.69 Å². The van der Waals surface area contributed by atoms with Gasteiger partial charge < -0.3 is 14.7 Å². The number of likely N-dealkylation sites (tertiary alicyclic amines) is 1. The van der Waals surface area contributed by atoms with Crippen molar-refractivity contribution in [2.45, 2.75) is 18.8 Å². The van der Waals surface area contributed by atoms with Crippen LogP contribution in [0.2, 0.25) is 0 Å². The molecule has 3 rings (SSSR count). The van der Waals surface area contributed by atoms with Gasteiger partial charge in [-0.2, -0.15) is 5.10 Å². The second-order valence-electron chi connectivity index (χ2n) is 5.99. The van der Waals surface area contributed by atoms with Crippen molar-refractivity contribution in [2.75, 3.05) is 20.2 Å². The van der Waals surface area contributed by atoms with Gasteiger partial charge in [-0.05, 0) is 30.5 Å². The summed E-state index contributed by atoms with van der Waals surface area (Å²) in [5, 5.41) is 15.0. The molecule has 1 saturated heterocycles. The second kappa shape index (κ2) is 6.92. The SMILES string of the molecule is COc1cc(F)cc(C2CCCN(C(=O)c3cc(C(=O)O)[nH]n3)C2)c1. The van der Waals surface area contributed by atoms with Crippen LogP contribution in [0.5, 0.6) is 5.75 Å². The van der Waals surface area contributed by atoms with Crippen LogP contribution in [0.15, 0.2) is 24.3 Å². The minimum Gasteiger partial charge on any atom is -0.497 e. The number of carboxylic acids is 1. The molecule has 7 nitrogen and oxygen atoms in total. The Kier molecular flexibility index (Phi) is 4.69. The lowest BCUT2D eigenvalue weighted by Gasteiger charge is -2.32. The first kappa shape index (κ1) is 16.9. The zero-order chi connectivity index (χ0) is 18.0. The number of aromatic nitrogens is 2. The quantitative estimate of drug-likeness (QED) is 0.885. The molecule has 1 amide bonds. The maximum absolute atomic E-state index is 13.7. The maximum atomic E-state index is 13.7. The second-order valence-corrected chi connectivity index (χ2v) is 5.99. The summed E-state index contributed by atoms with van der Waals surface area (Å²) >= 11 is 0. The number of piperidine rings is 1. The highest BCUT2D eigenvalue weighted by Crippen LogP contribution is 2.30. The number of carboxylic acid groups (broad SMARTS) is 1. The predicted molar refractivity (Wildman–Crippen MR) is 86.4 cm³/mol. The molecule has 1 aromatic carbocycles. The maximum Gasteiger partial charge on any atom is 0.353 e. The zero-order valence-corrected chi connectivity index (χ0v) is 13.7. The van der Waals surface area contributed by atoms with Crippen molar-refractivity contribution >= 4 is 11.9 Å². The van der Waals surface area contributed by atoms with Crippen LogP contribution in [0.1, 0.15) is 45.3 Å². The van der Waals surface area contributed by atoms with Crippen molar-refractivity contribution in [3.8, 4) is 5.75 Å². The lowest BCUT2D eigenvalue weighted by atomic mass is 9.90. The number of amides is 1. The molecule has 1 fully saturated rings. The van der Waals surface area contributed by atoms with Crippen molar-refractivity contribution in [2.24, 2.45) is 0 Å². The fourth-order valence-corrected chi connectivity index (χ4v) is 3.07. The first-order valence-corrected chi connectivity index (χ1v) is 7.90. The van der Waals surface area contributed by atoms with E-state index in [2.05, 4.69) is 10.2 Å². The lowest BCUT2D eigenvalue weighted by Crippen LogP contribution is -2.39. The van der Waals surface area contributed by atoms with Gasteiger partial charge >= 0.3 is 5.97 Å².